The Labute approximate surface area is 138 Å². The number of esters is 1. The van der Waals surface area contributed by atoms with Crippen molar-refractivity contribution < 1.29 is 14.6 Å². The number of thiophene rings is 1. The molecule has 0 radical (unpaired) electrons. The summed E-state index contributed by atoms with van der Waals surface area (Å²) < 4.78 is 5.62. The second-order valence-corrected chi connectivity index (χ2v) is 5.88. The Kier molecular flexibility index (Phi) is 4.86. The van der Waals surface area contributed by atoms with E-state index in [-0.39, 0.29) is 0 Å². The van der Waals surface area contributed by atoms with Crippen molar-refractivity contribution in [1.29, 1.82) is 0 Å². The first-order valence-corrected chi connectivity index (χ1v) is 8.20. The van der Waals surface area contributed by atoms with Crippen LogP contribution in [-0.4, -0.2) is 11.1 Å². The average Bonchev–Trinajstić information content (AvgIpc) is 3.15. The zero-order valence-electron chi connectivity index (χ0n) is 12.3. The van der Waals surface area contributed by atoms with Crippen LogP contribution in [-0.2, 0) is 9.53 Å². The van der Waals surface area contributed by atoms with Crippen molar-refractivity contribution in [3.63, 3.8) is 0 Å². The summed E-state index contributed by atoms with van der Waals surface area (Å²) in [5, 5.41) is 13.7. The van der Waals surface area contributed by atoms with Gasteiger partial charge in [-0.2, -0.15) is 11.3 Å². The number of carbonyl (C=O) groups excluding carboxylic acids is 1. The lowest BCUT2D eigenvalue weighted by Gasteiger charge is -2.20. The predicted octanol–water partition coefficient (Wildman–Crippen LogP) is 4.11. The van der Waals surface area contributed by atoms with Gasteiger partial charge >= 0.3 is 5.97 Å². The van der Waals surface area contributed by atoms with Gasteiger partial charge in [0.15, 0.2) is 12.2 Å². The zero-order chi connectivity index (χ0) is 16.1. The summed E-state index contributed by atoms with van der Waals surface area (Å²) in [6.07, 6.45) is -1.81. The molecular weight excluding hydrogens is 308 g/mol. The summed E-state index contributed by atoms with van der Waals surface area (Å²) in [6, 6.07) is 20.7. The lowest BCUT2D eigenvalue weighted by molar-refractivity contribution is -0.158. The van der Waals surface area contributed by atoms with E-state index in [2.05, 4.69) is 0 Å². The molecule has 0 bridgehead atoms. The molecule has 116 valence electrons. The maximum Gasteiger partial charge on any atom is 0.340 e. The highest BCUT2D eigenvalue weighted by Crippen LogP contribution is 2.28. The number of hydrogen-bond donors (Lipinski definition) is 1. The Bertz CT molecular complexity index is 699. The monoisotopic (exact) mass is 324 g/mol. The first-order chi connectivity index (χ1) is 11.3. The van der Waals surface area contributed by atoms with Crippen LogP contribution in [0.1, 0.15) is 28.9 Å². The Morgan fingerprint density at radius 1 is 0.870 bits per heavy atom. The topological polar surface area (TPSA) is 46.5 Å². The Morgan fingerprint density at radius 2 is 1.43 bits per heavy atom. The maximum absolute atomic E-state index is 12.3. The standard InChI is InChI=1S/C19H16O3S/c20-17(16-11-12-23-13-16)19(21)22-18(14-7-3-1-4-8-14)15-9-5-2-6-10-15/h1-13,17-18,20H. The normalized spacial score (nSPS) is 12.1. The Morgan fingerprint density at radius 3 is 1.91 bits per heavy atom. The van der Waals surface area contributed by atoms with E-state index in [4.69, 9.17) is 4.74 Å². The molecule has 0 aliphatic rings. The minimum atomic E-state index is -1.27. The molecule has 0 fully saturated rings. The molecule has 1 heterocycles. The lowest BCUT2D eigenvalue weighted by Crippen LogP contribution is -2.19. The van der Waals surface area contributed by atoms with E-state index in [1.54, 1.807) is 11.4 Å². The average molecular weight is 324 g/mol. The van der Waals surface area contributed by atoms with E-state index in [1.165, 1.54) is 11.3 Å². The number of benzene rings is 2. The van der Waals surface area contributed by atoms with Gasteiger partial charge in [-0.3, -0.25) is 0 Å². The van der Waals surface area contributed by atoms with Crippen molar-refractivity contribution in [1.82, 2.24) is 0 Å². The van der Waals surface area contributed by atoms with Gasteiger partial charge < -0.3 is 9.84 Å². The molecule has 0 spiro atoms. The van der Waals surface area contributed by atoms with E-state index in [0.717, 1.165) is 11.1 Å². The van der Waals surface area contributed by atoms with Gasteiger partial charge in [0.1, 0.15) is 0 Å². The Balaban J connectivity index is 1.86. The van der Waals surface area contributed by atoms with Crippen molar-refractivity contribution in [2.45, 2.75) is 12.2 Å². The second-order valence-electron chi connectivity index (χ2n) is 5.10. The van der Waals surface area contributed by atoms with Gasteiger partial charge in [0.05, 0.1) is 0 Å². The summed E-state index contributed by atoms with van der Waals surface area (Å²) in [6.45, 7) is 0. The van der Waals surface area contributed by atoms with Gasteiger partial charge in [-0.25, -0.2) is 4.79 Å². The first kappa shape index (κ1) is 15.5. The molecule has 23 heavy (non-hydrogen) atoms. The third-order valence-corrected chi connectivity index (χ3v) is 4.22. The van der Waals surface area contributed by atoms with Gasteiger partial charge in [-0.05, 0) is 28.0 Å². The number of ether oxygens (including phenoxy) is 1. The number of rotatable bonds is 5. The highest BCUT2D eigenvalue weighted by Gasteiger charge is 2.25. The molecule has 0 aliphatic carbocycles. The summed E-state index contributed by atoms with van der Waals surface area (Å²) in [5.74, 6) is -0.652. The molecule has 0 saturated carbocycles. The quantitative estimate of drug-likeness (QED) is 0.718. The van der Waals surface area contributed by atoms with Crippen molar-refractivity contribution in [2.75, 3.05) is 0 Å². The fourth-order valence-corrected chi connectivity index (χ4v) is 3.01. The molecular formula is C19H16O3S. The zero-order valence-corrected chi connectivity index (χ0v) is 13.1. The molecule has 1 aromatic heterocycles. The van der Waals surface area contributed by atoms with Crippen LogP contribution in [0.25, 0.3) is 0 Å². The van der Waals surface area contributed by atoms with Crippen LogP contribution >= 0.6 is 11.3 Å². The molecule has 0 amide bonds. The van der Waals surface area contributed by atoms with Crippen LogP contribution in [0.2, 0.25) is 0 Å². The van der Waals surface area contributed by atoms with Gasteiger partial charge in [0.2, 0.25) is 0 Å². The smallest absolute Gasteiger partial charge is 0.340 e. The molecule has 3 rings (SSSR count). The fraction of sp³-hybridized carbons (Fsp3) is 0.105. The van der Waals surface area contributed by atoms with Crippen LogP contribution in [0.15, 0.2) is 77.5 Å². The predicted molar refractivity (Wildman–Crippen MR) is 90.1 cm³/mol. The van der Waals surface area contributed by atoms with Crippen molar-refractivity contribution in [3.05, 3.63) is 94.2 Å². The lowest BCUT2D eigenvalue weighted by atomic mass is 10.0. The highest BCUT2D eigenvalue weighted by molar-refractivity contribution is 7.08. The van der Waals surface area contributed by atoms with Gasteiger partial charge in [0.25, 0.3) is 0 Å². The van der Waals surface area contributed by atoms with Crippen molar-refractivity contribution in [3.8, 4) is 0 Å². The summed E-state index contributed by atoms with van der Waals surface area (Å²) in [7, 11) is 0. The third kappa shape index (κ3) is 3.67. The highest BCUT2D eigenvalue weighted by atomic mass is 32.1. The largest absolute Gasteiger partial charge is 0.450 e. The molecule has 1 N–H and O–H groups in total. The van der Waals surface area contributed by atoms with E-state index in [1.807, 2.05) is 66.0 Å². The molecule has 3 aromatic rings. The number of aliphatic hydroxyl groups excluding tert-OH is 1. The SMILES string of the molecule is O=C(OC(c1ccccc1)c1ccccc1)C(O)c1ccsc1. The molecule has 0 aliphatic heterocycles. The van der Waals surface area contributed by atoms with Crippen molar-refractivity contribution >= 4 is 17.3 Å². The fourth-order valence-electron chi connectivity index (χ4n) is 2.33. The minimum absolute atomic E-state index is 0.543. The van der Waals surface area contributed by atoms with E-state index in [0.29, 0.717) is 5.56 Å². The number of hydrogen-bond acceptors (Lipinski definition) is 4. The molecule has 2 aromatic carbocycles. The maximum atomic E-state index is 12.3. The van der Waals surface area contributed by atoms with Crippen LogP contribution in [0.5, 0.6) is 0 Å². The molecule has 1 unspecified atom stereocenters. The summed E-state index contributed by atoms with van der Waals surface area (Å²) in [4.78, 5) is 12.3. The summed E-state index contributed by atoms with van der Waals surface area (Å²) >= 11 is 1.43. The van der Waals surface area contributed by atoms with E-state index in [9.17, 15) is 9.90 Å². The number of aliphatic hydroxyl groups is 1. The van der Waals surface area contributed by atoms with Crippen molar-refractivity contribution in [2.24, 2.45) is 0 Å². The van der Waals surface area contributed by atoms with E-state index < -0.39 is 18.2 Å². The Hall–Kier alpha value is -2.43. The van der Waals surface area contributed by atoms with Gasteiger partial charge in [-0.1, -0.05) is 60.7 Å². The minimum Gasteiger partial charge on any atom is -0.450 e. The van der Waals surface area contributed by atoms with E-state index >= 15 is 0 Å². The van der Waals surface area contributed by atoms with Crippen LogP contribution in [0.3, 0.4) is 0 Å². The molecule has 0 saturated heterocycles. The summed E-state index contributed by atoms with van der Waals surface area (Å²) in [5.41, 5.74) is 2.29. The van der Waals surface area contributed by atoms with Gasteiger partial charge in [-0.15, -0.1) is 0 Å². The first-order valence-electron chi connectivity index (χ1n) is 7.26. The van der Waals surface area contributed by atoms with Crippen LogP contribution in [0, 0.1) is 0 Å². The third-order valence-electron chi connectivity index (χ3n) is 3.52. The number of carbonyl (C=O) groups is 1. The molecule has 4 heteroatoms. The molecule has 3 nitrogen and oxygen atoms in total. The second kappa shape index (κ2) is 7.22. The van der Waals surface area contributed by atoms with Gasteiger partial charge in [0, 0.05) is 5.56 Å². The van der Waals surface area contributed by atoms with Crippen LogP contribution < -0.4 is 0 Å². The van der Waals surface area contributed by atoms with Crippen LogP contribution in [0.4, 0.5) is 0 Å². The molecule has 1 atom stereocenters.